The van der Waals surface area contributed by atoms with Crippen LogP contribution in [0.5, 0.6) is 11.5 Å². The second-order valence-electron chi connectivity index (χ2n) is 21.2. The molecule has 392 valence electrons. The summed E-state index contributed by atoms with van der Waals surface area (Å²) in [6.07, 6.45) is 25.1. The van der Waals surface area contributed by atoms with Gasteiger partial charge >= 0.3 is 0 Å². The maximum absolute atomic E-state index is 6.33. The van der Waals surface area contributed by atoms with Gasteiger partial charge in [0.15, 0.2) is 0 Å². The van der Waals surface area contributed by atoms with Gasteiger partial charge in [0.25, 0.3) is 0 Å². The highest BCUT2D eigenvalue weighted by molar-refractivity contribution is 5.93. The number of likely N-dealkylation sites (N-methyl/N-ethyl adjacent to an activating group) is 2. The molecule has 0 fully saturated rings. The number of fused-ring (bicyclic) bond motifs is 8. The summed E-state index contributed by atoms with van der Waals surface area (Å²) in [5, 5.41) is 0. The molecule has 3 aromatic heterocycles. The molecular weight excluding hydrogens is 957 g/mol. The minimum atomic E-state index is 0. The molecule has 5 aromatic rings. The van der Waals surface area contributed by atoms with Gasteiger partial charge < -0.3 is 70.5 Å². The van der Waals surface area contributed by atoms with Crippen molar-refractivity contribution in [3.8, 4) is 33.8 Å². The van der Waals surface area contributed by atoms with Crippen LogP contribution in [0, 0.1) is 0 Å². The zero-order chi connectivity index (χ0) is 48.6. The van der Waals surface area contributed by atoms with E-state index in [1.165, 1.54) is 95.2 Å². The summed E-state index contributed by atoms with van der Waals surface area (Å²) >= 11 is 0. The van der Waals surface area contributed by atoms with Gasteiger partial charge in [0.2, 0.25) is 0 Å². The van der Waals surface area contributed by atoms with E-state index in [4.69, 9.17) is 19.4 Å². The number of ether oxygens (including phenoxy) is 2. The topological polar surface area (TPSA) is 80.3 Å². The number of benzene rings is 2. The SMILES string of the molecule is CCCCCCCCCCCCOc1ccc(-c2c3nc(cc4ccc([nH]4)c(-c4ccc(OCCC[N+](C)(C)CCC[N+](C)(C)C(CC)C[NH+](C)C)cc4)c4nc(cc5ccc2[nH]5)C=C4)C=C3)cc1.[Cl-].[Cl-].[Cl-]. The van der Waals surface area contributed by atoms with Crippen LogP contribution in [-0.4, -0.2) is 117 Å². The third kappa shape index (κ3) is 17.5. The Labute approximate surface area is 451 Å². The van der Waals surface area contributed by atoms with E-state index in [1.807, 2.05) is 0 Å². The van der Waals surface area contributed by atoms with E-state index in [-0.39, 0.29) is 37.2 Å². The molecular formula is C60H84Cl3N7O2. The Morgan fingerprint density at radius 3 is 1.42 bits per heavy atom. The molecule has 0 saturated carbocycles. The molecule has 1 unspecified atom stereocenters. The van der Waals surface area contributed by atoms with Gasteiger partial charge in [-0.3, -0.25) is 0 Å². The number of unbranched alkanes of at least 4 members (excludes halogenated alkanes) is 9. The van der Waals surface area contributed by atoms with Crippen molar-refractivity contribution in [3.63, 3.8) is 0 Å². The Bertz CT molecular complexity index is 2630. The molecule has 5 heterocycles. The molecule has 0 saturated heterocycles. The fourth-order valence-electron chi connectivity index (χ4n) is 10.1. The summed E-state index contributed by atoms with van der Waals surface area (Å²) in [6.45, 7) is 10.8. The van der Waals surface area contributed by atoms with Crippen LogP contribution >= 0.6 is 0 Å². The first-order chi connectivity index (χ1) is 33.4. The lowest BCUT2D eigenvalue weighted by atomic mass is 10.0. The Hall–Kier alpha value is -4.61. The Kier molecular flexibility index (Phi) is 24.4. The Morgan fingerprint density at radius 2 is 0.958 bits per heavy atom. The quantitative estimate of drug-likeness (QED) is 0.0545. The summed E-state index contributed by atoms with van der Waals surface area (Å²) < 4.78 is 14.6. The number of nitrogens with one attached hydrogen (secondary N) is 3. The van der Waals surface area contributed by atoms with Crippen LogP contribution < -0.4 is 51.6 Å². The fraction of sp³-hybridized carbons (Fsp3) is 0.467. The molecule has 9 nitrogen and oxygen atoms in total. The third-order valence-electron chi connectivity index (χ3n) is 14.2. The first kappa shape index (κ1) is 59.9. The number of halogens is 3. The first-order valence-electron chi connectivity index (χ1n) is 26.4. The average Bonchev–Trinajstić information content (AvgIpc) is 4.18. The molecule has 2 aliphatic heterocycles. The number of H-pyrrole nitrogens is 2. The second-order valence-corrected chi connectivity index (χ2v) is 21.2. The van der Waals surface area contributed by atoms with Crippen molar-refractivity contribution in [2.75, 3.05) is 81.7 Å². The number of aromatic nitrogens is 4. The number of hydrogen-bond donors (Lipinski definition) is 3. The molecule has 0 spiro atoms. The zero-order valence-electron chi connectivity index (χ0n) is 44.6. The predicted molar refractivity (Wildman–Crippen MR) is 292 cm³/mol. The van der Waals surface area contributed by atoms with Crippen LogP contribution in [0.25, 0.3) is 68.6 Å². The van der Waals surface area contributed by atoms with Gasteiger partial charge in [-0.2, -0.15) is 0 Å². The summed E-state index contributed by atoms with van der Waals surface area (Å²) in [7, 11) is 14.1. The number of quaternary nitrogens is 3. The molecule has 8 bridgehead atoms. The van der Waals surface area contributed by atoms with Crippen LogP contribution in [0.3, 0.4) is 0 Å². The van der Waals surface area contributed by atoms with E-state index in [2.05, 4.69) is 175 Å². The van der Waals surface area contributed by atoms with E-state index < -0.39 is 0 Å². The molecule has 2 aromatic carbocycles. The Balaban J connectivity index is 0.00000375. The summed E-state index contributed by atoms with van der Waals surface area (Å²) in [5.74, 6) is 1.79. The van der Waals surface area contributed by atoms with Crippen molar-refractivity contribution in [2.45, 2.75) is 103 Å². The molecule has 2 aliphatic rings. The van der Waals surface area contributed by atoms with Gasteiger partial charge in [0.1, 0.15) is 24.1 Å². The van der Waals surface area contributed by atoms with Gasteiger partial charge in [0.05, 0.1) is 97.9 Å². The summed E-state index contributed by atoms with van der Waals surface area (Å²) in [4.78, 5) is 19.3. The van der Waals surface area contributed by atoms with E-state index >= 15 is 0 Å². The fourth-order valence-corrected chi connectivity index (χ4v) is 10.1. The van der Waals surface area contributed by atoms with Crippen LogP contribution in [0.2, 0.25) is 0 Å². The number of aromatic amines is 2. The van der Waals surface area contributed by atoms with Gasteiger partial charge in [-0.15, -0.1) is 0 Å². The van der Waals surface area contributed by atoms with Crippen molar-refractivity contribution in [1.29, 1.82) is 0 Å². The lowest BCUT2D eigenvalue weighted by Gasteiger charge is -2.39. The molecule has 1 atom stereocenters. The first-order valence-corrected chi connectivity index (χ1v) is 26.4. The maximum atomic E-state index is 6.33. The molecule has 12 heteroatoms. The molecule has 72 heavy (non-hydrogen) atoms. The molecule has 0 amide bonds. The highest BCUT2D eigenvalue weighted by atomic mass is 35.5. The number of nitrogens with zero attached hydrogens (tertiary/aromatic N) is 4. The van der Waals surface area contributed by atoms with Crippen LogP contribution in [0.4, 0.5) is 0 Å². The summed E-state index contributed by atoms with van der Waals surface area (Å²) in [6, 6.07) is 30.5. The minimum absolute atomic E-state index is 0. The van der Waals surface area contributed by atoms with E-state index in [0.29, 0.717) is 12.6 Å². The second kappa shape index (κ2) is 29.3. The van der Waals surface area contributed by atoms with Crippen molar-refractivity contribution >= 4 is 46.4 Å². The zero-order valence-corrected chi connectivity index (χ0v) is 46.9. The predicted octanol–water partition coefficient (Wildman–Crippen LogP) is 3.54. The smallest absolute Gasteiger partial charge is 0.138 e. The maximum Gasteiger partial charge on any atom is 0.138 e. The number of hydrogen-bond acceptors (Lipinski definition) is 4. The normalized spacial score (nSPS) is 12.6. The van der Waals surface area contributed by atoms with Crippen molar-refractivity contribution in [1.82, 2.24) is 19.9 Å². The third-order valence-corrected chi connectivity index (χ3v) is 14.2. The molecule has 0 radical (unpaired) electrons. The minimum Gasteiger partial charge on any atom is -1.00 e. The summed E-state index contributed by atoms with van der Waals surface area (Å²) in [5.41, 5.74) is 11.8. The van der Waals surface area contributed by atoms with Crippen LogP contribution in [-0.2, 0) is 0 Å². The highest BCUT2D eigenvalue weighted by Gasteiger charge is 2.30. The lowest BCUT2D eigenvalue weighted by Crippen LogP contribution is -3.07. The molecule has 3 N–H and O–H groups in total. The molecule has 0 aliphatic carbocycles. The largest absolute Gasteiger partial charge is 1.00 e. The van der Waals surface area contributed by atoms with E-state index in [9.17, 15) is 0 Å². The lowest BCUT2D eigenvalue weighted by molar-refractivity contribution is -0.959. The van der Waals surface area contributed by atoms with Gasteiger partial charge in [-0.05, 0) is 103 Å². The standard InChI is InChI=1S/C60H83N7O2.3ClH/c1-9-11-12-13-14-15-16-17-18-19-41-68-53-30-22-46(23-31-53)59-55-34-26-48(61-55)43-50-28-36-57(63-50)60(58-37-29-51(64-58)44-49-27-35-56(59)62-49)47-24-32-54(33-25-47)69-42-21-39-66(5,6)38-20-40-67(7,8)52(10-2)45-65(3)4;;;/h22-37,43-44,52,61,64H,9-21,38-42,45H2,1-8H3;3*1H/q+2;;;/p-2. The monoisotopic (exact) mass is 1040 g/mol. The highest BCUT2D eigenvalue weighted by Crippen LogP contribution is 2.34. The Morgan fingerprint density at radius 1 is 0.514 bits per heavy atom. The number of rotatable bonds is 27. The van der Waals surface area contributed by atoms with Crippen molar-refractivity contribution in [3.05, 3.63) is 108 Å². The van der Waals surface area contributed by atoms with Crippen LogP contribution in [0.1, 0.15) is 120 Å². The van der Waals surface area contributed by atoms with E-state index in [0.717, 1.165) is 114 Å². The van der Waals surface area contributed by atoms with Crippen LogP contribution in [0.15, 0.2) is 84.9 Å². The van der Waals surface area contributed by atoms with Gasteiger partial charge in [0, 0.05) is 52.5 Å². The molecule has 7 rings (SSSR count). The van der Waals surface area contributed by atoms with Crippen molar-refractivity contribution < 1.29 is 60.6 Å². The van der Waals surface area contributed by atoms with Crippen molar-refractivity contribution in [2.24, 2.45) is 0 Å². The van der Waals surface area contributed by atoms with E-state index in [1.54, 1.807) is 0 Å². The average molecular weight is 1040 g/mol. The van der Waals surface area contributed by atoms with Gasteiger partial charge in [-0.25, -0.2) is 9.97 Å². The van der Waals surface area contributed by atoms with Gasteiger partial charge in [-0.1, -0.05) is 95.9 Å².